The third-order valence-corrected chi connectivity index (χ3v) is 7.19. The molecular formula is C24H23F3N6O3. The van der Waals surface area contributed by atoms with E-state index >= 15 is 0 Å². The van der Waals surface area contributed by atoms with Crippen LogP contribution in [-0.4, -0.2) is 57.0 Å². The Morgan fingerprint density at radius 3 is 2.61 bits per heavy atom. The average Bonchev–Trinajstić information content (AvgIpc) is 3.21. The summed E-state index contributed by atoms with van der Waals surface area (Å²) in [5.41, 5.74) is 1.03. The minimum absolute atomic E-state index is 0.0479. The fourth-order valence-electron chi connectivity index (χ4n) is 5.20. The Hall–Kier alpha value is -4.06. The lowest BCUT2D eigenvalue weighted by Gasteiger charge is -2.32. The summed E-state index contributed by atoms with van der Waals surface area (Å²) >= 11 is 0. The Kier molecular flexibility index (Phi) is 5.95. The molecule has 0 bridgehead atoms. The van der Waals surface area contributed by atoms with Gasteiger partial charge in [0.1, 0.15) is 18.1 Å². The molecule has 36 heavy (non-hydrogen) atoms. The molecule has 2 N–H and O–H groups in total. The number of likely N-dealkylation sites (tertiary alicyclic amines) is 1. The van der Waals surface area contributed by atoms with Crippen LogP contribution in [0.4, 0.5) is 13.2 Å². The van der Waals surface area contributed by atoms with Crippen molar-refractivity contribution in [2.75, 3.05) is 6.54 Å². The number of hydrogen-bond acceptors (Lipinski definition) is 5. The van der Waals surface area contributed by atoms with Crippen molar-refractivity contribution in [1.29, 1.82) is 5.26 Å². The van der Waals surface area contributed by atoms with E-state index in [2.05, 4.69) is 16.3 Å². The van der Waals surface area contributed by atoms with E-state index in [0.717, 1.165) is 6.92 Å². The molecule has 2 fully saturated rings. The van der Waals surface area contributed by atoms with E-state index in [1.54, 1.807) is 23.6 Å². The molecule has 5 atom stereocenters. The van der Waals surface area contributed by atoms with Gasteiger partial charge in [-0.25, -0.2) is 4.52 Å². The summed E-state index contributed by atoms with van der Waals surface area (Å²) in [4.78, 5) is 39.0. The van der Waals surface area contributed by atoms with Crippen molar-refractivity contribution in [1.82, 2.24) is 25.1 Å². The molecule has 0 spiro atoms. The molecule has 4 rings (SSSR count). The van der Waals surface area contributed by atoms with Gasteiger partial charge in [0, 0.05) is 18.3 Å². The van der Waals surface area contributed by atoms with Crippen LogP contribution in [0.2, 0.25) is 0 Å². The third kappa shape index (κ3) is 4.02. The second-order valence-corrected chi connectivity index (χ2v) is 9.61. The Morgan fingerprint density at radius 2 is 2.00 bits per heavy atom. The van der Waals surface area contributed by atoms with Crippen molar-refractivity contribution in [2.45, 2.75) is 45.1 Å². The highest BCUT2D eigenvalue weighted by Gasteiger charge is 2.69. The van der Waals surface area contributed by atoms with Gasteiger partial charge >= 0.3 is 12.1 Å². The summed E-state index contributed by atoms with van der Waals surface area (Å²) in [7, 11) is 0. The lowest BCUT2D eigenvalue weighted by Crippen LogP contribution is -2.56. The van der Waals surface area contributed by atoms with Crippen molar-refractivity contribution in [2.24, 2.45) is 17.3 Å². The third-order valence-electron chi connectivity index (χ3n) is 7.19. The van der Waals surface area contributed by atoms with Gasteiger partial charge in [-0.3, -0.25) is 14.4 Å². The van der Waals surface area contributed by atoms with Gasteiger partial charge in [0.25, 0.3) is 0 Å². The molecule has 188 valence electrons. The summed E-state index contributed by atoms with van der Waals surface area (Å²) in [6.45, 7) is 5.15. The molecule has 5 unspecified atom stereocenters. The molecule has 2 aromatic rings. The number of aromatic nitrogens is 2. The van der Waals surface area contributed by atoms with Crippen molar-refractivity contribution in [3.05, 3.63) is 35.7 Å². The number of carbonyl (C=O) groups is 3. The van der Waals surface area contributed by atoms with Gasteiger partial charge in [-0.05, 0) is 36.3 Å². The molecule has 1 saturated heterocycles. The van der Waals surface area contributed by atoms with Crippen LogP contribution in [0.25, 0.3) is 5.52 Å². The zero-order valence-electron chi connectivity index (χ0n) is 19.6. The van der Waals surface area contributed by atoms with Crippen LogP contribution in [0, 0.1) is 40.9 Å². The number of pyridine rings is 1. The summed E-state index contributed by atoms with van der Waals surface area (Å²) < 4.78 is 39.5. The zero-order chi connectivity index (χ0) is 26.6. The molecule has 1 aliphatic carbocycles. The van der Waals surface area contributed by atoms with Crippen LogP contribution < -0.4 is 10.6 Å². The summed E-state index contributed by atoms with van der Waals surface area (Å²) in [5, 5.41) is 18.3. The van der Waals surface area contributed by atoms with Crippen LogP contribution in [0.5, 0.6) is 0 Å². The Balaban J connectivity index is 1.58. The minimum atomic E-state index is -5.15. The van der Waals surface area contributed by atoms with Crippen LogP contribution in [0.3, 0.4) is 0 Å². The normalized spacial score (nSPS) is 23.7. The number of carbonyl (C=O) groups excluding carboxylic acids is 3. The van der Waals surface area contributed by atoms with E-state index in [1.165, 1.54) is 15.6 Å². The van der Waals surface area contributed by atoms with E-state index < -0.39 is 42.0 Å². The number of amides is 3. The van der Waals surface area contributed by atoms with E-state index in [4.69, 9.17) is 6.42 Å². The molecule has 9 nitrogen and oxygen atoms in total. The van der Waals surface area contributed by atoms with Gasteiger partial charge in [-0.15, -0.1) is 6.42 Å². The summed E-state index contributed by atoms with van der Waals surface area (Å²) in [6, 6.07) is 1.71. The molecule has 2 aliphatic rings. The highest BCUT2D eigenvalue weighted by molar-refractivity contribution is 5.94. The monoisotopic (exact) mass is 500 g/mol. The first-order valence-corrected chi connectivity index (χ1v) is 11.1. The molecule has 0 aromatic carbocycles. The predicted molar refractivity (Wildman–Crippen MR) is 120 cm³/mol. The largest absolute Gasteiger partial charge is 0.471 e. The van der Waals surface area contributed by atoms with E-state index in [-0.39, 0.29) is 23.8 Å². The summed E-state index contributed by atoms with van der Waals surface area (Å²) in [6.07, 6.45) is 3.49. The number of fused-ring (bicyclic) bond motifs is 2. The number of alkyl halides is 3. The number of terminal acetylenes is 1. The number of nitriles is 1. The molecule has 12 heteroatoms. The fourth-order valence-corrected chi connectivity index (χ4v) is 5.20. The first-order chi connectivity index (χ1) is 16.8. The average molecular weight is 500 g/mol. The first-order valence-electron chi connectivity index (χ1n) is 11.1. The molecular weight excluding hydrogens is 477 g/mol. The zero-order valence-corrected chi connectivity index (χ0v) is 19.6. The smallest absolute Gasteiger partial charge is 0.337 e. The highest BCUT2D eigenvalue weighted by Crippen LogP contribution is 2.65. The quantitative estimate of drug-likeness (QED) is 0.604. The number of rotatable bonds is 5. The standard InChI is InChI=1S/C24H23F3N6O3/c1-5-13-7-6-8-33-18(13)14(10-29-33)16(9-28)31-20(34)19-17-15(23(17,3)4)11-32(19)21(35)12(2)30-22(36)24(25,26)27/h1,6-8,10,12,15-17,19H,11H2,2-4H3,(H,30,36)(H,31,34). The van der Waals surface area contributed by atoms with Crippen LogP contribution in [0.1, 0.15) is 37.9 Å². The number of nitrogens with zero attached hydrogens (tertiary/aromatic N) is 4. The highest BCUT2D eigenvalue weighted by atomic mass is 19.4. The molecule has 3 amide bonds. The van der Waals surface area contributed by atoms with Crippen LogP contribution in [-0.2, 0) is 14.4 Å². The SMILES string of the molecule is C#Cc1cccn2ncc(C(C#N)NC(=O)C3C4C(CN3C(=O)C(C)NC(=O)C(F)(F)F)C4(C)C)c12. The first kappa shape index (κ1) is 25.0. The van der Waals surface area contributed by atoms with E-state index in [9.17, 15) is 32.8 Å². The van der Waals surface area contributed by atoms with E-state index in [0.29, 0.717) is 16.6 Å². The Bertz CT molecular complexity index is 1340. The van der Waals surface area contributed by atoms with Crippen molar-refractivity contribution in [3.63, 3.8) is 0 Å². The Labute approximate surface area is 204 Å². The molecule has 1 aliphatic heterocycles. The lowest BCUT2D eigenvalue weighted by atomic mass is 9.99. The van der Waals surface area contributed by atoms with Crippen LogP contribution in [0.15, 0.2) is 24.5 Å². The molecule has 3 heterocycles. The minimum Gasteiger partial charge on any atom is -0.337 e. The van der Waals surface area contributed by atoms with Crippen molar-refractivity contribution < 1.29 is 27.6 Å². The fraction of sp³-hybridized carbons (Fsp3) is 0.458. The van der Waals surface area contributed by atoms with Gasteiger partial charge in [0.05, 0.1) is 23.3 Å². The number of hydrogen-bond donors (Lipinski definition) is 2. The van der Waals surface area contributed by atoms with Gasteiger partial charge in [0.2, 0.25) is 11.8 Å². The second kappa shape index (κ2) is 8.55. The maximum atomic E-state index is 13.5. The molecule has 0 radical (unpaired) electrons. The maximum Gasteiger partial charge on any atom is 0.471 e. The van der Waals surface area contributed by atoms with Gasteiger partial charge in [-0.2, -0.15) is 23.5 Å². The number of nitrogens with one attached hydrogen (secondary N) is 2. The predicted octanol–water partition coefficient (Wildman–Crippen LogP) is 1.55. The molecule has 2 aromatic heterocycles. The second-order valence-electron chi connectivity index (χ2n) is 9.61. The summed E-state index contributed by atoms with van der Waals surface area (Å²) in [5.74, 6) is -1.46. The van der Waals surface area contributed by atoms with Gasteiger partial charge in [0.15, 0.2) is 0 Å². The van der Waals surface area contributed by atoms with Crippen molar-refractivity contribution in [3.8, 4) is 18.4 Å². The Morgan fingerprint density at radius 1 is 1.31 bits per heavy atom. The van der Waals surface area contributed by atoms with Gasteiger partial charge in [-0.1, -0.05) is 19.8 Å². The lowest BCUT2D eigenvalue weighted by molar-refractivity contribution is -0.175. The van der Waals surface area contributed by atoms with E-state index in [1.807, 2.05) is 19.9 Å². The van der Waals surface area contributed by atoms with Crippen molar-refractivity contribution >= 4 is 23.2 Å². The van der Waals surface area contributed by atoms with Crippen LogP contribution >= 0.6 is 0 Å². The number of piperidine rings is 1. The number of halogens is 3. The maximum absolute atomic E-state index is 13.5. The van der Waals surface area contributed by atoms with Gasteiger partial charge < -0.3 is 15.5 Å². The topological polar surface area (TPSA) is 120 Å². The molecule has 1 saturated carbocycles.